The fraction of sp³-hybridized carbons (Fsp3) is 0.265. The van der Waals surface area contributed by atoms with Crippen LogP contribution in [0.1, 0.15) is 16.7 Å². The van der Waals surface area contributed by atoms with Crippen LogP contribution >= 0.6 is 11.8 Å². The molecule has 0 unspecified atom stereocenters. The summed E-state index contributed by atoms with van der Waals surface area (Å²) in [5.74, 6) is -0.517. The largest absolute Gasteiger partial charge is 0.467 e. The van der Waals surface area contributed by atoms with E-state index in [4.69, 9.17) is 23.7 Å². The minimum absolute atomic E-state index is 0.273. The van der Waals surface area contributed by atoms with Crippen molar-refractivity contribution in [2.45, 2.75) is 54.6 Å². The molecule has 1 heterocycles. The zero-order valence-electron chi connectivity index (χ0n) is 22.9. The summed E-state index contributed by atoms with van der Waals surface area (Å²) in [6, 6.07) is 39.6. The molecule has 5 atom stereocenters. The molecule has 1 aliphatic heterocycles. The van der Waals surface area contributed by atoms with Crippen molar-refractivity contribution in [3.63, 3.8) is 0 Å². The van der Waals surface area contributed by atoms with E-state index < -0.39 is 35.8 Å². The average Bonchev–Trinajstić information content (AvgIpc) is 3.04. The van der Waals surface area contributed by atoms with E-state index in [0.717, 1.165) is 21.6 Å². The molecular formula is C34H34O6S. The highest BCUT2D eigenvalue weighted by Crippen LogP contribution is 2.38. The smallest absolute Gasteiger partial charge is 0.337 e. The van der Waals surface area contributed by atoms with E-state index in [-0.39, 0.29) is 6.61 Å². The summed E-state index contributed by atoms with van der Waals surface area (Å²) < 4.78 is 31.3. The summed E-state index contributed by atoms with van der Waals surface area (Å²) in [6.07, 6.45) is -2.99. The highest BCUT2D eigenvalue weighted by atomic mass is 32.2. The van der Waals surface area contributed by atoms with Gasteiger partial charge >= 0.3 is 5.97 Å². The normalized spacial score (nSPS) is 22.2. The van der Waals surface area contributed by atoms with Crippen LogP contribution < -0.4 is 0 Å². The van der Waals surface area contributed by atoms with Crippen molar-refractivity contribution in [2.75, 3.05) is 7.11 Å². The lowest BCUT2D eigenvalue weighted by Crippen LogP contribution is -2.61. The van der Waals surface area contributed by atoms with Crippen LogP contribution in [0.2, 0.25) is 0 Å². The Morgan fingerprint density at radius 2 is 1.02 bits per heavy atom. The van der Waals surface area contributed by atoms with Gasteiger partial charge in [-0.1, -0.05) is 121 Å². The van der Waals surface area contributed by atoms with Gasteiger partial charge in [-0.2, -0.15) is 0 Å². The second-order valence-electron chi connectivity index (χ2n) is 9.66. The lowest BCUT2D eigenvalue weighted by atomic mass is 9.98. The molecule has 0 N–H and O–H groups in total. The van der Waals surface area contributed by atoms with Crippen LogP contribution in [-0.4, -0.2) is 42.9 Å². The fourth-order valence-electron chi connectivity index (χ4n) is 4.69. The molecule has 1 fully saturated rings. The van der Waals surface area contributed by atoms with Crippen LogP contribution in [0.4, 0.5) is 0 Å². The van der Waals surface area contributed by atoms with Crippen molar-refractivity contribution in [2.24, 2.45) is 0 Å². The first-order chi connectivity index (χ1) is 20.2. The van der Waals surface area contributed by atoms with E-state index in [1.165, 1.54) is 18.9 Å². The topological polar surface area (TPSA) is 63.2 Å². The maximum absolute atomic E-state index is 13.2. The third-order valence-corrected chi connectivity index (χ3v) is 7.94. The van der Waals surface area contributed by atoms with Crippen molar-refractivity contribution >= 4 is 17.7 Å². The van der Waals surface area contributed by atoms with Crippen LogP contribution in [0, 0.1) is 0 Å². The number of carbonyl (C=O) groups excluding carboxylic acids is 1. The van der Waals surface area contributed by atoms with Crippen molar-refractivity contribution in [1.82, 2.24) is 0 Å². The van der Waals surface area contributed by atoms with Gasteiger partial charge in [-0.3, -0.25) is 0 Å². The van der Waals surface area contributed by atoms with Crippen LogP contribution in [-0.2, 0) is 48.3 Å². The Hall–Kier alpha value is -3.46. The molecule has 4 aromatic carbocycles. The van der Waals surface area contributed by atoms with E-state index >= 15 is 0 Å². The van der Waals surface area contributed by atoms with E-state index in [0.29, 0.717) is 13.2 Å². The van der Waals surface area contributed by atoms with Gasteiger partial charge < -0.3 is 23.7 Å². The maximum atomic E-state index is 13.2. The maximum Gasteiger partial charge on any atom is 0.337 e. The number of carbonyl (C=O) groups is 1. The van der Waals surface area contributed by atoms with Gasteiger partial charge in [0.2, 0.25) is 0 Å². The van der Waals surface area contributed by atoms with Crippen LogP contribution in [0.3, 0.4) is 0 Å². The minimum atomic E-state index is -1.01. The molecule has 5 rings (SSSR count). The number of rotatable bonds is 12. The Bertz CT molecular complexity index is 1320. The van der Waals surface area contributed by atoms with E-state index in [1.807, 2.05) is 121 Å². The summed E-state index contributed by atoms with van der Waals surface area (Å²) in [6.45, 7) is 0.939. The van der Waals surface area contributed by atoms with E-state index in [2.05, 4.69) is 0 Å². The number of thioether (sulfide) groups is 1. The summed E-state index contributed by atoms with van der Waals surface area (Å²) in [4.78, 5) is 14.1. The average molecular weight is 571 g/mol. The Morgan fingerprint density at radius 3 is 1.49 bits per heavy atom. The van der Waals surface area contributed by atoms with Gasteiger partial charge in [-0.25, -0.2) is 4.79 Å². The van der Waals surface area contributed by atoms with Crippen LogP contribution in [0.15, 0.2) is 126 Å². The Kier molecular flexibility index (Phi) is 10.6. The molecule has 0 saturated carbocycles. The molecular weight excluding hydrogens is 536 g/mol. The Labute approximate surface area is 245 Å². The van der Waals surface area contributed by atoms with Gasteiger partial charge in [0.25, 0.3) is 0 Å². The monoisotopic (exact) mass is 570 g/mol. The Morgan fingerprint density at radius 1 is 0.610 bits per heavy atom. The molecule has 7 heteroatoms. The molecule has 0 spiro atoms. The molecule has 1 saturated heterocycles. The fourth-order valence-corrected chi connectivity index (χ4v) is 5.82. The summed E-state index contributed by atoms with van der Waals surface area (Å²) in [5.41, 5.74) is 2.43. The quantitative estimate of drug-likeness (QED) is 0.182. The first kappa shape index (κ1) is 29.0. The van der Waals surface area contributed by atoms with Crippen LogP contribution in [0.5, 0.6) is 0 Å². The zero-order valence-corrected chi connectivity index (χ0v) is 23.7. The standard InChI is InChI=1S/C34H34O6S/c1-36-33(35)31-29(37-22-25-14-6-2-7-15-25)30(38-23-26-16-8-3-9-17-26)32(39-24-27-18-10-4-11-19-27)34(40-31)41-28-20-12-5-13-21-28/h2-21,29-32,34H,22-24H2,1H3/t29-,30+,31+,32-,34+/m1/s1. The second-order valence-corrected chi connectivity index (χ2v) is 10.8. The van der Waals surface area contributed by atoms with Crippen molar-refractivity contribution < 1.29 is 28.5 Å². The number of ether oxygens (including phenoxy) is 5. The molecule has 0 radical (unpaired) electrons. The van der Waals surface area contributed by atoms with Crippen molar-refractivity contribution in [1.29, 1.82) is 0 Å². The van der Waals surface area contributed by atoms with Crippen molar-refractivity contribution in [3.05, 3.63) is 138 Å². The number of methoxy groups -OCH3 is 1. The minimum Gasteiger partial charge on any atom is -0.467 e. The highest BCUT2D eigenvalue weighted by molar-refractivity contribution is 7.99. The second kappa shape index (κ2) is 15.0. The SMILES string of the molecule is COC(=O)[C@H]1O[C@@H](Sc2ccccc2)[C@H](OCc2ccccc2)[C@@H](OCc2ccccc2)[C@H]1OCc1ccccc1. The van der Waals surface area contributed by atoms with E-state index in [9.17, 15) is 4.79 Å². The number of benzene rings is 4. The number of hydrogen-bond acceptors (Lipinski definition) is 7. The molecule has 0 amide bonds. The third-order valence-electron chi connectivity index (χ3n) is 6.78. The molecule has 0 bridgehead atoms. The van der Waals surface area contributed by atoms with E-state index in [1.54, 1.807) is 0 Å². The van der Waals surface area contributed by atoms with Gasteiger partial charge in [0.1, 0.15) is 23.7 Å². The number of esters is 1. The molecule has 1 aliphatic rings. The molecule has 0 aromatic heterocycles. The summed E-state index contributed by atoms with van der Waals surface area (Å²) >= 11 is 1.49. The lowest BCUT2D eigenvalue weighted by Gasteiger charge is -2.45. The third kappa shape index (κ3) is 8.06. The van der Waals surface area contributed by atoms with Crippen LogP contribution in [0.25, 0.3) is 0 Å². The molecule has 41 heavy (non-hydrogen) atoms. The van der Waals surface area contributed by atoms with Gasteiger partial charge in [0, 0.05) is 4.90 Å². The number of hydrogen-bond donors (Lipinski definition) is 0. The molecule has 212 valence electrons. The predicted molar refractivity (Wildman–Crippen MR) is 158 cm³/mol. The Balaban J connectivity index is 1.48. The summed E-state index contributed by atoms with van der Waals surface area (Å²) in [7, 11) is 1.36. The summed E-state index contributed by atoms with van der Waals surface area (Å²) in [5, 5.41) is 0. The van der Waals surface area contributed by atoms with Gasteiger partial charge in [0.05, 0.1) is 26.9 Å². The van der Waals surface area contributed by atoms with Crippen molar-refractivity contribution in [3.8, 4) is 0 Å². The molecule has 6 nitrogen and oxygen atoms in total. The lowest BCUT2D eigenvalue weighted by molar-refractivity contribution is -0.248. The first-order valence-corrected chi connectivity index (χ1v) is 14.5. The zero-order chi connectivity index (χ0) is 28.3. The molecule has 0 aliphatic carbocycles. The highest BCUT2D eigenvalue weighted by Gasteiger charge is 2.51. The van der Waals surface area contributed by atoms with Gasteiger partial charge in [-0.05, 0) is 28.8 Å². The predicted octanol–water partition coefficient (Wildman–Crippen LogP) is 6.43. The van der Waals surface area contributed by atoms with Gasteiger partial charge in [0.15, 0.2) is 6.10 Å². The van der Waals surface area contributed by atoms with Gasteiger partial charge in [-0.15, -0.1) is 0 Å². The molecule has 4 aromatic rings. The first-order valence-electron chi connectivity index (χ1n) is 13.6.